The lowest BCUT2D eigenvalue weighted by molar-refractivity contribution is -0.121. The van der Waals surface area contributed by atoms with Crippen LogP contribution in [0.5, 0.6) is 0 Å². The summed E-state index contributed by atoms with van der Waals surface area (Å²) in [5, 5.41) is 11.3. The molecule has 0 aromatic rings. The first-order chi connectivity index (χ1) is 5.64. The molecule has 0 radical (unpaired) electrons. The highest BCUT2D eigenvalue weighted by Gasteiger charge is 2.47. The molecule has 0 heterocycles. The molecule has 0 bridgehead atoms. The minimum atomic E-state index is -0.341. The Hall–Kier alpha value is -1.08. The van der Waals surface area contributed by atoms with Gasteiger partial charge in [0.15, 0.2) is 0 Å². The standard InChI is InChI=1S/C8H13N3O/c1-10-7(12)5-11(2)8(6-9)3-4-8/h3-5H2,1-2H3,(H,10,12). The van der Waals surface area contributed by atoms with Gasteiger partial charge in [-0.25, -0.2) is 0 Å². The van der Waals surface area contributed by atoms with Crippen molar-refractivity contribution in [2.45, 2.75) is 18.4 Å². The van der Waals surface area contributed by atoms with Gasteiger partial charge in [0.2, 0.25) is 5.91 Å². The van der Waals surface area contributed by atoms with Crippen molar-refractivity contribution in [3.05, 3.63) is 0 Å². The molecule has 0 spiro atoms. The van der Waals surface area contributed by atoms with Gasteiger partial charge in [0.25, 0.3) is 0 Å². The van der Waals surface area contributed by atoms with E-state index in [0.717, 1.165) is 12.8 Å². The highest BCUT2D eigenvalue weighted by molar-refractivity contribution is 5.77. The first-order valence-corrected chi connectivity index (χ1v) is 3.98. The Morgan fingerprint density at radius 3 is 2.67 bits per heavy atom. The molecule has 66 valence electrons. The maximum absolute atomic E-state index is 11.0. The zero-order valence-electron chi connectivity index (χ0n) is 7.42. The average Bonchev–Trinajstić information content (AvgIpc) is 2.84. The fourth-order valence-corrected chi connectivity index (χ4v) is 1.14. The molecule has 0 unspecified atom stereocenters. The van der Waals surface area contributed by atoms with Gasteiger partial charge in [0.05, 0.1) is 12.6 Å². The molecule has 0 saturated heterocycles. The number of nitriles is 1. The van der Waals surface area contributed by atoms with E-state index in [2.05, 4.69) is 11.4 Å². The number of likely N-dealkylation sites (N-methyl/N-ethyl adjacent to an activating group) is 2. The summed E-state index contributed by atoms with van der Waals surface area (Å²) in [4.78, 5) is 12.8. The van der Waals surface area contributed by atoms with Gasteiger partial charge in [-0.15, -0.1) is 0 Å². The third-order valence-corrected chi connectivity index (χ3v) is 2.32. The van der Waals surface area contributed by atoms with Crippen molar-refractivity contribution in [3.8, 4) is 6.07 Å². The minimum absolute atomic E-state index is 0.0426. The number of carbonyl (C=O) groups is 1. The number of amides is 1. The molecule has 4 heteroatoms. The first kappa shape index (κ1) is 9.01. The second-order valence-electron chi connectivity index (χ2n) is 3.17. The summed E-state index contributed by atoms with van der Waals surface area (Å²) in [6, 6.07) is 2.23. The highest BCUT2D eigenvalue weighted by atomic mass is 16.1. The second kappa shape index (κ2) is 3.11. The van der Waals surface area contributed by atoms with E-state index in [1.807, 2.05) is 11.9 Å². The topological polar surface area (TPSA) is 56.1 Å². The largest absolute Gasteiger partial charge is 0.358 e. The second-order valence-corrected chi connectivity index (χ2v) is 3.17. The maximum Gasteiger partial charge on any atom is 0.233 e. The van der Waals surface area contributed by atoms with Crippen LogP contribution in [0.2, 0.25) is 0 Å². The predicted octanol–water partition coefficient (Wildman–Crippen LogP) is -0.280. The van der Waals surface area contributed by atoms with Crippen LogP contribution in [0.4, 0.5) is 0 Å². The van der Waals surface area contributed by atoms with Crippen LogP contribution >= 0.6 is 0 Å². The van der Waals surface area contributed by atoms with Crippen LogP contribution in [0.1, 0.15) is 12.8 Å². The average molecular weight is 167 g/mol. The van der Waals surface area contributed by atoms with Crippen LogP contribution < -0.4 is 5.32 Å². The lowest BCUT2D eigenvalue weighted by Gasteiger charge is -2.20. The molecule has 1 rings (SSSR count). The van der Waals surface area contributed by atoms with E-state index in [9.17, 15) is 4.79 Å². The Kier molecular flexibility index (Phi) is 2.34. The summed E-state index contributed by atoms with van der Waals surface area (Å²) in [5.41, 5.74) is -0.341. The molecule has 0 aromatic heterocycles. The zero-order chi connectivity index (χ0) is 9.19. The van der Waals surface area contributed by atoms with Crippen LogP contribution in [0.15, 0.2) is 0 Å². The van der Waals surface area contributed by atoms with Crippen LogP contribution in [0.25, 0.3) is 0 Å². The fraction of sp³-hybridized carbons (Fsp3) is 0.750. The highest BCUT2D eigenvalue weighted by Crippen LogP contribution is 2.39. The van der Waals surface area contributed by atoms with Gasteiger partial charge in [-0.05, 0) is 19.9 Å². The number of hydrogen-bond acceptors (Lipinski definition) is 3. The van der Waals surface area contributed by atoms with Crippen molar-refractivity contribution in [2.24, 2.45) is 0 Å². The molecule has 1 fully saturated rings. The summed E-state index contributed by atoms with van der Waals surface area (Å²) < 4.78 is 0. The van der Waals surface area contributed by atoms with Crippen LogP contribution in [0, 0.1) is 11.3 Å². The van der Waals surface area contributed by atoms with Gasteiger partial charge in [-0.3, -0.25) is 9.69 Å². The summed E-state index contributed by atoms with van der Waals surface area (Å²) in [6.45, 7) is 0.310. The van der Waals surface area contributed by atoms with E-state index < -0.39 is 0 Å². The summed E-state index contributed by atoms with van der Waals surface area (Å²) >= 11 is 0. The zero-order valence-corrected chi connectivity index (χ0v) is 7.42. The Balaban J connectivity index is 2.44. The van der Waals surface area contributed by atoms with Gasteiger partial charge in [0, 0.05) is 7.05 Å². The maximum atomic E-state index is 11.0. The number of hydrogen-bond donors (Lipinski definition) is 1. The Labute approximate surface area is 72.2 Å². The third kappa shape index (κ3) is 1.56. The third-order valence-electron chi connectivity index (χ3n) is 2.32. The number of nitrogens with zero attached hydrogens (tertiary/aromatic N) is 2. The van der Waals surface area contributed by atoms with E-state index in [1.54, 1.807) is 7.05 Å². The molecule has 1 N–H and O–H groups in total. The Morgan fingerprint density at radius 1 is 1.75 bits per heavy atom. The molecule has 1 aliphatic carbocycles. The molecule has 0 aromatic carbocycles. The fourth-order valence-electron chi connectivity index (χ4n) is 1.14. The molecule has 1 saturated carbocycles. The predicted molar refractivity (Wildman–Crippen MR) is 44.3 cm³/mol. The van der Waals surface area contributed by atoms with Crippen LogP contribution in [-0.2, 0) is 4.79 Å². The quantitative estimate of drug-likeness (QED) is 0.629. The van der Waals surface area contributed by atoms with Crippen molar-refractivity contribution in [1.29, 1.82) is 5.26 Å². The molecule has 12 heavy (non-hydrogen) atoms. The summed E-state index contributed by atoms with van der Waals surface area (Å²) in [5.74, 6) is -0.0426. The number of rotatable bonds is 3. The minimum Gasteiger partial charge on any atom is -0.358 e. The van der Waals surface area contributed by atoms with Crippen molar-refractivity contribution in [3.63, 3.8) is 0 Å². The first-order valence-electron chi connectivity index (χ1n) is 3.98. The Morgan fingerprint density at radius 2 is 2.33 bits per heavy atom. The molecule has 4 nitrogen and oxygen atoms in total. The monoisotopic (exact) mass is 167 g/mol. The van der Waals surface area contributed by atoms with E-state index in [-0.39, 0.29) is 11.4 Å². The smallest absolute Gasteiger partial charge is 0.233 e. The van der Waals surface area contributed by atoms with Crippen molar-refractivity contribution in [2.75, 3.05) is 20.6 Å². The van der Waals surface area contributed by atoms with E-state index in [4.69, 9.17) is 5.26 Å². The number of carbonyl (C=O) groups excluding carboxylic acids is 1. The molecule has 0 aliphatic heterocycles. The van der Waals surface area contributed by atoms with Gasteiger partial charge >= 0.3 is 0 Å². The Bertz CT molecular complexity index is 227. The molecular weight excluding hydrogens is 154 g/mol. The number of nitrogens with one attached hydrogen (secondary N) is 1. The lowest BCUT2D eigenvalue weighted by Crippen LogP contribution is -2.40. The van der Waals surface area contributed by atoms with E-state index in [0.29, 0.717) is 6.54 Å². The van der Waals surface area contributed by atoms with Crippen LogP contribution in [0.3, 0.4) is 0 Å². The lowest BCUT2D eigenvalue weighted by atomic mass is 10.2. The summed E-state index contributed by atoms with van der Waals surface area (Å²) in [7, 11) is 3.41. The normalized spacial score (nSPS) is 18.5. The van der Waals surface area contributed by atoms with E-state index in [1.165, 1.54) is 0 Å². The van der Waals surface area contributed by atoms with Gasteiger partial charge in [-0.2, -0.15) is 5.26 Å². The van der Waals surface area contributed by atoms with Gasteiger partial charge in [-0.1, -0.05) is 0 Å². The van der Waals surface area contributed by atoms with Crippen molar-refractivity contribution < 1.29 is 4.79 Å². The van der Waals surface area contributed by atoms with Crippen molar-refractivity contribution in [1.82, 2.24) is 10.2 Å². The molecule has 1 amide bonds. The molecular formula is C8H13N3O. The van der Waals surface area contributed by atoms with Crippen molar-refractivity contribution >= 4 is 5.91 Å². The van der Waals surface area contributed by atoms with E-state index >= 15 is 0 Å². The summed E-state index contributed by atoms with van der Waals surface area (Å²) in [6.07, 6.45) is 1.77. The van der Waals surface area contributed by atoms with Crippen LogP contribution in [-0.4, -0.2) is 37.0 Å². The molecule has 0 atom stereocenters. The van der Waals surface area contributed by atoms with Gasteiger partial charge in [0.1, 0.15) is 5.54 Å². The van der Waals surface area contributed by atoms with Gasteiger partial charge < -0.3 is 5.32 Å². The SMILES string of the molecule is CNC(=O)CN(C)C1(C#N)CC1. The molecule has 1 aliphatic rings.